The van der Waals surface area contributed by atoms with Crippen molar-refractivity contribution in [3.05, 3.63) is 36.3 Å². The number of anilines is 1. The predicted octanol–water partition coefficient (Wildman–Crippen LogP) is 1.64. The van der Waals surface area contributed by atoms with E-state index in [1.54, 1.807) is 10.9 Å². The van der Waals surface area contributed by atoms with E-state index < -0.39 is 0 Å². The van der Waals surface area contributed by atoms with Gasteiger partial charge in [0, 0.05) is 45.5 Å². The molecule has 7 nitrogen and oxygen atoms in total. The standard InChI is InChI=1S/C19H25N5O2/c1-22-13-15(12-21-22)11-18(25)24-10-6-16(14-24)26-17-5-4-7-20-19(17)23-8-2-3-9-23/h4-5,7,12-13,16H,2-3,6,8-11,14H2,1H3/t16-/m1/s1. The number of aryl methyl sites for hydroxylation is 1. The van der Waals surface area contributed by atoms with Gasteiger partial charge in [-0.15, -0.1) is 0 Å². The third-order valence-electron chi connectivity index (χ3n) is 5.06. The molecule has 138 valence electrons. The van der Waals surface area contributed by atoms with E-state index >= 15 is 0 Å². The zero-order valence-electron chi connectivity index (χ0n) is 15.2. The van der Waals surface area contributed by atoms with Crippen LogP contribution in [0.2, 0.25) is 0 Å². The Balaban J connectivity index is 1.36. The summed E-state index contributed by atoms with van der Waals surface area (Å²) in [5.41, 5.74) is 0.949. The molecule has 1 amide bonds. The number of likely N-dealkylation sites (tertiary alicyclic amines) is 1. The zero-order valence-corrected chi connectivity index (χ0v) is 15.2. The Morgan fingerprint density at radius 3 is 2.92 bits per heavy atom. The lowest BCUT2D eigenvalue weighted by atomic mass is 10.2. The highest BCUT2D eigenvalue weighted by Gasteiger charge is 2.29. The topological polar surface area (TPSA) is 63.5 Å². The molecule has 0 N–H and O–H groups in total. The van der Waals surface area contributed by atoms with Gasteiger partial charge in [0.2, 0.25) is 5.91 Å². The van der Waals surface area contributed by atoms with Gasteiger partial charge in [-0.1, -0.05) is 0 Å². The van der Waals surface area contributed by atoms with E-state index in [0.717, 1.165) is 43.2 Å². The second-order valence-electron chi connectivity index (χ2n) is 7.09. The molecule has 1 atom stereocenters. The molecular formula is C19H25N5O2. The summed E-state index contributed by atoms with van der Waals surface area (Å²) in [4.78, 5) is 21.2. The van der Waals surface area contributed by atoms with Gasteiger partial charge in [0.1, 0.15) is 6.10 Å². The number of aromatic nitrogens is 3. The van der Waals surface area contributed by atoms with Crippen LogP contribution in [0, 0.1) is 0 Å². The number of amides is 1. The van der Waals surface area contributed by atoms with Crippen molar-refractivity contribution < 1.29 is 9.53 Å². The fourth-order valence-corrected chi connectivity index (χ4v) is 3.72. The minimum atomic E-state index is 0.0263. The molecule has 0 bridgehead atoms. The molecule has 2 aromatic heterocycles. The Labute approximate surface area is 153 Å². The van der Waals surface area contributed by atoms with Gasteiger partial charge in [0.25, 0.3) is 0 Å². The molecule has 2 aromatic rings. The van der Waals surface area contributed by atoms with Crippen molar-refractivity contribution in [2.45, 2.75) is 31.8 Å². The summed E-state index contributed by atoms with van der Waals surface area (Å²) in [5, 5.41) is 4.12. The van der Waals surface area contributed by atoms with E-state index in [2.05, 4.69) is 15.0 Å². The number of hydrogen-bond acceptors (Lipinski definition) is 5. The number of nitrogens with zero attached hydrogens (tertiary/aromatic N) is 5. The first-order valence-electron chi connectivity index (χ1n) is 9.31. The van der Waals surface area contributed by atoms with Crippen LogP contribution in [0.3, 0.4) is 0 Å². The summed E-state index contributed by atoms with van der Waals surface area (Å²) in [6, 6.07) is 3.90. The molecule has 7 heteroatoms. The number of ether oxygens (including phenoxy) is 1. The largest absolute Gasteiger partial charge is 0.485 e. The summed E-state index contributed by atoms with van der Waals surface area (Å²) in [6.45, 7) is 3.44. The molecule has 0 aromatic carbocycles. The average Bonchev–Trinajstić information content (AvgIpc) is 3.38. The van der Waals surface area contributed by atoms with Crippen LogP contribution in [0.25, 0.3) is 0 Å². The molecule has 4 rings (SSSR count). The van der Waals surface area contributed by atoms with Crippen molar-refractivity contribution in [1.29, 1.82) is 0 Å². The fraction of sp³-hybridized carbons (Fsp3) is 0.526. The van der Waals surface area contributed by atoms with Gasteiger partial charge in [0.15, 0.2) is 11.6 Å². The van der Waals surface area contributed by atoms with E-state index in [4.69, 9.17) is 4.74 Å². The minimum absolute atomic E-state index is 0.0263. The zero-order chi connectivity index (χ0) is 17.9. The number of rotatable bonds is 5. The second kappa shape index (κ2) is 7.35. The van der Waals surface area contributed by atoms with Gasteiger partial charge in [-0.2, -0.15) is 5.10 Å². The molecule has 0 unspecified atom stereocenters. The predicted molar refractivity (Wildman–Crippen MR) is 98.2 cm³/mol. The lowest BCUT2D eigenvalue weighted by molar-refractivity contribution is -0.129. The lowest BCUT2D eigenvalue weighted by Gasteiger charge is -2.22. The summed E-state index contributed by atoms with van der Waals surface area (Å²) in [7, 11) is 1.86. The van der Waals surface area contributed by atoms with Crippen LogP contribution < -0.4 is 9.64 Å². The molecule has 0 radical (unpaired) electrons. The Morgan fingerprint density at radius 2 is 2.15 bits per heavy atom. The third kappa shape index (κ3) is 3.66. The number of carbonyl (C=O) groups is 1. The first-order chi connectivity index (χ1) is 12.7. The van der Waals surface area contributed by atoms with E-state index in [0.29, 0.717) is 13.0 Å². The van der Waals surface area contributed by atoms with Crippen molar-refractivity contribution >= 4 is 11.7 Å². The van der Waals surface area contributed by atoms with Crippen LogP contribution in [0.5, 0.6) is 5.75 Å². The SMILES string of the molecule is Cn1cc(CC(=O)N2CC[C@@H](Oc3cccnc3N3CCCC3)C2)cn1. The van der Waals surface area contributed by atoms with Gasteiger partial charge in [0.05, 0.1) is 19.2 Å². The molecule has 0 spiro atoms. The van der Waals surface area contributed by atoms with E-state index in [-0.39, 0.29) is 12.0 Å². The molecule has 2 saturated heterocycles. The van der Waals surface area contributed by atoms with E-state index in [1.807, 2.05) is 36.5 Å². The molecular weight excluding hydrogens is 330 g/mol. The van der Waals surface area contributed by atoms with Gasteiger partial charge in [-0.05, 0) is 30.5 Å². The first kappa shape index (κ1) is 16.9. The maximum atomic E-state index is 12.5. The van der Waals surface area contributed by atoms with Crippen LogP contribution in [-0.4, -0.2) is 57.9 Å². The Hall–Kier alpha value is -2.57. The Bertz CT molecular complexity index is 769. The number of pyridine rings is 1. The van der Waals surface area contributed by atoms with Crippen LogP contribution >= 0.6 is 0 Å². The maximum Gasteiger partial charge on any atom is 0.227 e. The van der Waals surface area contributed by atoms with Gasteiger partial charge in [-0.3, -0.25) is 9.48 Å². The van der Waals surface area contributed by atoms with Crippen molar-refractivity contribution in [2.24, 2.45) is 7.05 Å². The molecule has 0 saturated carbocycles. The molecule has 26 heavy (non-hydrogen) atoms. The first-order valence-corrected chi connectivity index (χ1v) is 9.31. The molecule has 4 heterocycles. The molecule has 2 fully saturated rings. The highest BCUT2D eigenvalue weighted by atomic mass is 16.5. The molecule has 0 aliphatic carbocycles. The van der Waals surface area contributed by atoms with Gasteiger partial charge in [-0.25, -0.2) is 4.98 Å². The third-order valence-corrected chi connectivity index (χ3v) is 5.06. The van der Waals surface area contributed by atoms with Gasteiger partial charge < -0.3 is 14.5 Å². The fourth-order valence-electron chi connectivity index (χ4n) is 3.72. The normalized spacial score (nSPS) is 20.0. The number of hydrogen-bond donors (Lipinski definition) is 0. The Morgan fingerprint density at radius 1 is 1.31 bits per heavy atom. The summed E-state index contributed by atoms with van der Waals surface area (Å²) >= 11 is 0. The molecule has 2 aliphatic heterocycles. The number of carbonyl (C=O) groups excluding carboxylic acids is 1. The smallest absolute Gasteiger partial charge is 0.227 e. The van der Waals surface area contributed by atoms with Crippen LogP contribution in [-0.2, 0) is 18.3 Å². The second-order valence-corrected chi connectivity index (χ2v) is 7.09. The van der Waals surface area contributed by atoms with Crippen molar-refractivity contribution in [2.75, 3.05) is 31.1 Å². The summed E-state index contributed by atoms with van der Waals surface area (Å²) in [5.74, 6) is 1.90. The van der Waals surface area contributed by atoms with Crippen LogP contribution in [0.1, 0.15) is 24.8 Å². The van der Waals surface area contributed by atoms with Crippen molar-refractivity contribution in [3.8, 4) is 5.75 Å². The summed E-state index contributed by atoms with van der Waals surface area (Å²) in [6.07, 6.45) is 9.14. The van der Waals surface area contributed by atoms with Crippen molar-refractivity contribution in [1.82, 2.24) is 19.7 Å². The highest BCUT2D eigenvalue weighted by molar-refractivity contribution is 5.79. The minimum Gasteiger partial charge on any atom is -0.485 e. The Kier molecular flexibility index (Phi) is 4.77. The monoisotopic (exact) mass is 355 g/mol. The molecule has 2 aliphatic rings. The quantitative estimate of drug-likeness (QED) is 0.816. The van der Waals surface area contributed by atoms with Crippen LogP contribution in [0.4, 0.5) is 5.82 Å². The van der Waals surface area contributed by atoms with Crippen LogP contribution in [0.15, 0.2) is 30.7 Å². The van der Waals surface area contributed by atoms with E-state index in [9.17, 15) is 4.79 Å². The average molecular weight is 355 g/mol. The summed E-state index contributed by atoms with van der Waals surface area (Å²) < 4.78 is 7.96. The highest BCUT2D eigenvalue weighted by Crippen LogP contribution is 2.30. The lowest BCUT2D eigenvalue weighted by Crippen LogP contribution is -2.32. The van der Waals surface area contributed by atoms with E-state index in [1.165, 1.54) is 12.8 Å². The maximum absolute atomic E-state index is 12.5. The van der Waals surface area contributed by atoms with Crippen molar-refractivity contribution in [3.63, 3.8) is 0 Å². The van der Waals surface area contributed by atoms with Gasteiger partial charge >= 0.3 is 0 Å².